The van der Waals surface area contributed by atoms with Crippen molar-refractivity contribution in [3.63, 3.8) is 0 Å². The summed E-state index contributed by atoms with van der Waals surface area (Å²) in [6.45, 7) is 0.0784. The number of furan rings is 1. The number of anilines is 1. The molecule has 29 heavy (non-hydrogen) atoms. The van der Waals surface area contributed by atoms with Crippen LogP contribution in [0.1, 0.15) is 5.76 Å². The zero-order valence-corrected chi connectivity index (χ0v) is 16.6. The van der Waals surface area contributed by atoms with E-state index in [1.54, 1.807) is 42.5 Å². The molecule has 12 heteroatoms. The summed E-state index contributed by atoms with van der Waals surface area (Å²) >= 11 is 0. The highest BCUT2D eigenvalue weighted by molar-refractivity contribution is 7.89. The average Bonchev–Trinajstić information content (AvgIpc) is 3.12. The average molecular weight is 441 g/mol. The first-order chi connectivity index (χ1) is 13.1. The largest absolute Gasteiger partial charge is 0.467 e. The second kappa shape index (κ2) is 8.63. The van der Waals surface area contributed by atoms with Crippen LogP contribution in [0.3, 0.4) is 0 Å². The van der Waals surface area contributed by atoms with Gasteiger partial charge in [-0.15, -0.1) is 0 Å². The van der Waals surface area contributed by atoms with Gasteiger partial charge in [0.05, 0.1) is 18.5 Å². The Kier molecular flexibility index (Phi) is 6.66. The summed E-state index contributed by atoms with van der Waals surface area (Å²) in [6.07, 6.45) is 1.44. The van der Waals surface area contributed by atoms with Gasteiger partial charge in [-0.3, -0.25) is 4.55 Å². The molecule has 0 spiro atoms. The van der Waals surface area contributed by atoms with E-state index in [0.717, 1.165) is 12.1 Å². The van der Waals surface area contributed by atoms with E-state index in [4.69, 9.17) is 14.3 Å². The van der Waals surface area contributed by atoms with E-state index in [9.17, 15) is 21.4 Å². The summed E-state index contributed by atoms with van der Waals surface area (Å²) in [5, 5.41) is 7.98. The number of para-hydroxylation sites is 1. The third-order valence-electron chi connectivity index (χ3n) is 3.63. The summed E-state index contributed by atoms with van der Waals surface area (Å²) in [5.41, 5.74) is -0.0859. The molecule has 0 aliphatic heterocycles. The number of sulfonamides is 1. The van der Waals surface area contributed by atoms with Crippen molar-refractivity contribution < 1.29 is 30.5 Å². The van der Waals surface area contributed by atoms with Crippen molar-refractivity contribution >= 4 is 25.8 Å². The van der Waals surface area contributed by atoms with E-state index in [1.165, 1.54) is 6.26 Å². The Labute approximate surface area is 167 Å². The van der Waals surface area contributed by atoms with Crippen LogP contribution in [-0.4, -0.2) is 21.4 Å². The number of rotatable bonds is 7. The highest BCUT2D eigenvalue weighted by Gasteiger charge is 2.25. The Hall–Kier alpha value is -2.90. The predicted molar refractivity (Wildman–Crippen MR) is 105 cm³/mol. The second-order valence-electron chi connectivity index (χ2n) is 5.66. The molecule has 10 nitrogen and oxygen atoms in total. The number of nitrogens with two attached hydrogens (primary N) is 1. The van der Waals surface area contributed by atoms with Crippen LogP contribution < -0.4 is 21.3 Å². The molecular weight excluding hydrogens is 422 g/mol. The zero-order chi connectivity index (χ0) is 20.4. The molecular formula is C17H19N3O7S2. The fraction of sp³-hybridized carbons (Fsp3) is 0.0588. The molecule has 0 aliphatic rings. The van der Waals surface area contributed by atoms with E-state index in [0.29, 0.717) is 11.5 Å². The van der Waals surface area contributed by atoms with E-state index >= 15 is 0 Å². The first-order valence-corrected chi connectivity index (χ1v) is 10.8. The number of hydrogen-bond donors (Lipinski definition) is 4. The Morgan fingerprint density at radius 1 is 1.00 bits per heavy atom. The molecule has 0 radical (unpaired) electrons. The van der Waals surface area contributed by atoms with E-state index in [2.05, 4.69) is 5.32 Å². The quantitative estimate of drug-likeness (QED) is 0.400. The number of benzene rings is 2. The summed E-state index contributed by atoms with van der Waals surface area (Å²) in [5.74, 6) is 0.592. The maximum absolute atomic E-state index is 12.0. The Bertz CT molecular complexity index is 1180. The van der Waals surface area contributed by atoms with Gasteiger partial charge >= 0.3 is 0 Å². The lowest BCUT2D eigenvalue weighted by Gasteiger charge is -2.15. The zero-order valence-electron chi connectivity index (χ0n) is 15.0. The molecule has 7 N–H and O–H groups in total. The van der Waals surface area contributed by atoms with Gasteiger partial charge in [-0.1, -0.05) is 18.2 Å². The predicted octanol–water partition coefficient (Wildman–Crippen LogP) is 2.74. The highest BCUT2D eigenvalue weighted by Crippen LogP contribution is 2.35. The maximum atomic E-state index is 12.0. The smallest absolute Gasteiger partial charge is 0.296 e. The summed E-state index contributed by atoms with van der Waals surface area (Å²) in [4.78, 5) is -1.25. The first kappa shape index (κ1) is 22.4. The molecule has 0 fully saturated rings. The van der Waals surface area contributed by atoms with E-state index in [-0.39, 0.29) is 24.1 Å². The molecule has 0 unspecified atom stereocenters. The van der Waals surface area contributed by atoms with Crippen molar-refractivity contribution in [1.29, 1.82) is 0 Å². The van der Waals surface area contributed by atoms with Gasteiger partial charge in [0.1, 0.15) is 27.1 Å². The van der Waals surface area contributed by atoms with Crippen LogP contribution in [0.15, 0.2) is 75.1 Å². The summed E-state index contributed by atoms with van der Waals surface area (Å²) < 4.78 is 67.8. The molecule has 0 bridgehead atoms. The number of primary sulfonamides is 1. The number of hydrogen-bond acceptors (Lipinski definition) is 8. The highest BCUT2D eigenvalue weighted by atomic mass is 32.2. The fourth-order valence-electron chi connectivity index (χ4n) is 2.41. The minimum Gasteiger partial charge on any atom is -0.467 e. The van der Waals surface area contributed by atoms with Gasteiger partial charge in [0, 0.05) is 6.07 Å². The topological polar surface area (TPSA) is 184 Å². The molecule has 3 rings (SSSR count). The molecule has 2 aromatic carbocycles. The molecule has 0 amide bonds. The normalized spacial score (nSPS) is 11.5. The molecule has 0 saturated heterocycles. The van der Waals surface area contributed by atoms with Crippen LogP contribution in [0.2, 0.25) is 0 Å². The lowest BCUT2D eigenvalue weighted by Crippen LogP contribution is -2.15. The Balaban J connectivity index is 0.00000300. The number of ether oxygens (including phenoxy) is 1. The maximum Gasteiger partial charge on any atom is 0.296 e. The molecule has 1 aromatic heterocycles. The minimum absolute atomic E-state index is 0. The van der Waals surface area contributed by atoms with Crippen molar-refractivity contribution in [3.8, 4) is 11.5 Å². The van der Waals surface area contributed by atoms with Crippen molar-refractivity contribution in [2.45, 2.75) is 16.3 Å². The van der Waals surface area contributed by atoms with Crippen molar-refractivity contribution in [3.05, 3.63) is 66.6 Å². The SMILES string of the molecule is N.NS(=O)(=O)c1cc(S(=O)(=O)O)c(NCc2ccco2)cc1Oc1ccccc1. The molecule has 0 aliphatic carbocycles. The third-order valence-corrected chi connectivity index (χ3v) is 5.46. The van der Waals surface area contributed by atoms with Crippen LogP contribution in [0.25, 0.3) is 0 Å². The summed E-state index contributed by atoms with van der Waals surface area (Å²) in [7, 11) is -9.12. The standard InChI is InChI=1S/C17H16N2O7S2.H3N/c18-27(20,21)17-10-16(28(22,23)24)14(19-11-13-7-4-8-25-13)9-15(17)26-12-5-2-1-3-6-12;/h1-10,19H,11H2,(H2,18,20,21)(H,22,23,24);1H3. The molecule has 156 valence electrons. The van der Waals surface area contributed by atoms with Crippen molar-refractivity contribution in [1.82, 2.24) is 6.15 Å². The van der Waals surface area contributed by atoms with Crippen LogP contribution in [0.5, 0.6) is 11.5 Å². The second-order valence-corrected chi connectivity index (χ2v) is 8.58. The Morgan fingerprint density at radius 2 is 1.69 bits per heavy atom. The molecule has 0 atom stereocenters. The van der Waals surface area contributed by atoms with Gasteiger partial charge in [0.2, 0.25) is 10.0 Å². The van der Waals surface area contributed by atoms with Gasteiger partial charge in [-0.2, -0.15) is 8.42 Å². The fourth-order valence-corrected chi connectivity index (χ4v) is 3.82. The lowest BCUT2D eigenvalue weighted by molar-refractivity contribution is 0.465. The summed E-state index contributed by atoms with van der Waals surface area (Å²) in [6, 6.07) is 13.4. The first-order valence-electron chi connectivity index (χ1n) is 7.82. The van der Waals surface area contributed by atoms with Gasteiger partial charge in [0.15, 0.2) is 0 Å². The van der Waals surface area contributed by atoms with Gasteiger partial charge in [-0.25, -0.2) is 13.6 Å². The van der Waals surface area contributed by atoms with Crippen LogP contribution in [-0.2, 0) is 26.7 Å². The molecule has 3 aromatic rings. The van der Waals surface area contributed by atoms with Crippen LogP contribution >= 0.6 is 0 Å². The van der Waals surface area contributed by atoms with Gasteiger partial charge in [0.25, 0.3) is 10.1 Å². The lowest BCUT2D eigenvalue weighted by atomic mass is 10.2. The third kappa shape index (κ3) is 5.56. The van der Waals surface area contributed by atoms with Crippen LogP contribution in [0.4, 0.5) is 5.69 Å². The Morgan fingerprint density at radius 3 is 2.24 bits per heavy atom. The van der Waals surface area contributed by atoms with Crippen molar-refractivity contribution in [2.24, 2.45) is 5.14 Å². The van der Waals surface area contributed by atoms with Crippen molar-refractivity contribution in [2.75, 3.05) is 5.32 Å². The van der Waals surface area contributed by atoms with Crippen LogP contribution in [0, 0.1) is 0 Å². The molecule has 0 saturated carbocycles. The van der Waals surface area contributed by atoms with E-state index < -0.39 is 29.9 Å². The molecule has 1 heterocycles. The minimum atomic E-state index is -4.77. The monoisotopic (exact) mass is 441 g/mol. The number of nitrogens with one attached hydrogen (secondary N) is 1. The van der Waals surface area contributed by atoms with E-state index in [1.807, 2.05) is 0 Å². The van der Waals surface area contributed by atoms with Gasteiger partial charge in [-0.05, 0) is 30.3 Å². The van der Waals surface area contributed by atoms with Gasteiger partial charge < -0.3 is 20.6 Å².